The molecule has 0 amide bonds. The average Bonchev–Trinajstić information content (AvgIpc) is 2.81. The fraction of sp³-hybridized carbons (Fsp3) is 0.125. The number of allylic oxidation sites excluding steroid dienone is 1. The third-order valence-electron chi connectivity index (χ3n) is 4.53. The van der Waals surface area contributed by atoms with E-state index in [-0.39, 0.29) is 18.1 Å². The third kappa shape index (κ3) is 5.48. The lowest BCUT2D eigenvalue weighted by atomic mass is 10.1. The number of benzene rings is 3. The smallest absolute Gasteiger partial charge is 0.273 e. The summed E-state index contributed by atoms with van der Waals surface area (Å²) >= 11 is 0. The normalized spacial score (nSPS) is 10.6. The van der Waals surface area contributed by atoms with Crippen LogP contribution >= 0.6 is 0 Å². The van der Waals surface area contributed by atoms with Crippen molar-refractivity contribution in [2.24, 2.45) is 0 Å². The number of non-ortho nitro benzene ring substituents is 1. The second kappa shape index (κ2) is 10.1. The highest BCUT2D eigenvalue weighted by Gasteiger charge is 2.10. The fourth-order valence-corrected chi connectivity index (χ4v) is 2.97. The largest absolute Gasteiger partial charge is 0.496 e. The first-order valence-corrected chi connectivity index (χ1v) is 9.41. The van der Waals surface area contributed by atoms with Crippen LogP contribution in [0.3, 0.4) is 0 Å². The van der Waals surface area contributed by atoms with Crippen molar-refractivity contribution in [3.63, 3.8) is 0 Å². The Bertz CT molecular complexity index is 1120. The summed E-state index contributed by atoms with van der Waals surface area (Å²) in [6, 6.07) is 18.4. The summed E-state index contributed by atoms with van der Waals surface area (Å²) in [5.74, 6) is 1.32. The average molecular weight is 419 g/mol. The van der Waals surface area contributed by atoms with E-state index in [1.54, 1.807) is 55.7 Å². The highest BCUT2D eigenvalue weighted by Crippen LogP contribution is 2.25. The zero-order valence-electron chi connectivity index (χ0n) is 17.1. The molecule has 7 nitrogen and oxygen atoms in total. The lowest BCUT2D eigenvalue weighted by Gasteiger charge is -2.11. The first kappa shape index (κ1) is 21.6. The lowest BCUT2D eigenvalue weighted by molar-refractivity contribution is -0.384. The molecule has 31 heavy (non-hydrogen) atoms. The molecule has 0 spiro atoms. The molecule has 0 atom stereocenters. The van der Waals surface area contributed by atoms with E-state index < -0.39 is 4.92 Å². The van der Waals surface area contributed by atoms with Gasteiger partial charge in [0, 0.05) is 11.6 Å². The van der Waals surface area contributed by atoms with Crippen LogP contribution in [0.5, 0.6) is 17.2 Å². The van der Waals surface area contributed by atoms with Crippen molar-refractivity contribution in [2.45, 2.75) is 6.61 Å². The quantitative estimate of drug-likeness (QED) is 0.208. The van der Waals surface area contributed by atoms with Crippen molar-refractivity contribution in [1.82, 2.24) is 0 Å². The monoisotopic (exact) mass is 419 g/mol. The van der Waals surface area contributed by atoms with Gasteiger partial charge in [-0.15, -0.1) is 0 Å². The molecule has 3 aromatic carbocycles. The number of rotatable bonds is 9. The molecule has 3 rings (SSSR count). The van der Waals surface area contributed by atoms with E-state index in [1.165, 1.54) is 25.3 Å². The second-order valence-corrected chi connectivity index (χ2v) is 6.51. The maximum Gasteiger partial charge on any atom is 0.273 e. The number of methoxy groups -OCH3 is 2. The first-order chi connectivity index (χ1) is 15.0. The van der Waals surface area contributed by atoms with Gasteiger partial charge in [-0.3, -0.25) is 14.9 Å². The van der Waals surface area contributed by atoms with Gasteiger partial charge in [-0.2, -0.15) is 0 Å². The van der Waals surface area contributed by atoms with Crippen LogP contribution < -0.4 is 14.2 Å². The van der Waals surface area contributed by atoms with Crippen LogP contribution in [0.1, 0.15) is 21.5 Å². The van der Waals surface area contributed by atoms with Gasteiger partial charge in [0.25, 0.3) is 5.69 Å². The molecule has 0 bridgehead atoms. The van der Waals surface area contributed by atoms with Gasteiger partial charge < -0.3 is 14.2 Å². The Morgan fingerprint density at radius 1 is 0.968 bits per heavy atom. The molecule has 158 valence electrons. The fourth-order valence-electron chi connectivity index (χ4n) is 2.97. The molecular formula is C24H21NO6. The summed E-state index contributed by atoms with van der Waals surface area (Å²) in [6.45, 7) is 0.145. The number of hydrogen-bond acceptors (Lipinski definition) is 6. The summed E-state index contributed by atoms with van der Waals surface area (Å²) in [6.07, 6.45) is 3.18. The highest BCUT2D eigenvalue weighted by molar-refractivity contribution is 6.08. The van der Waals surface area contributed by atoms with E-state index in [2.05, 4.69) is 0 Å². The van der Waals surface area contributed by atoms with E-state index in [0.717, 1.165) is 11.1 Å². The van der Waals surface area contributed by atoms with Crippen molar-refractivity contribution >= 4 is 17.5 Å². The molecule has 0 aliphatic carbocycles. The van der Waals surface area contributed by atoms with Crippen LogP contribution in [-0.2, 0) is 6.61 Å². The molecule has 0 saturated carbocycles. The Kier molecular flexibility index (Phi) is 7.01. The molecule has 0 aliphatic rings. The highest BCUT2D eigenvalue weighted by atomic mass is 16.6. The molecule has 0 aromatic heterocycles. The molecule has 0 radical (unpaired) electrons. The Labute approximate surface area is 179 Å². The number of hydrogen-bond donors (Lipinski definition) is 0. The molecule has 3 aromatic rings. The minimum absolute atomic E-state index is 0.0454. The van der Waals surface area contributed by atoms with Gasteiger partial charge in [-0.25, -0.2) is 0 Å². The number of carbonyl (C=O) groups is 1. The summed E-state index contributed by atoms with van der Waals surface area (Å²) in [5.41, 5.74) is 1.95. The van der Waals surface area contributed by atoms with Crippen molar-refractivity contribution in [3.8, 4) is 17.2 Å². The summed E-state index contributed by atoms with van der Waals surface area (Å²) in [7, 11) is 3.07. The predicted octanol–water partition coefficient (Wildman–Crippen LogP) is 5.09. The number of nitro groups is 1. The summed E-state index contributed by atoms with van der Waals surface area (Å²) in [4.78, 5) is 23.0. The topological polar surface area (TPSA) is 87.9 Å². The van der Waals surface area contributed by atoms with Crippen molar-refractivity contribution in [2.75, 3.05) is 14.2 Å². The zero-order chi connectivity index (χ0) is 22.2. The molecule has 0 fully saturated rings. The van der Waals surface area contributed by atoms with Crippen LogP contribution in [0, 0.1) is 10.1 Å². The van der Waals surface area contributed by atoms with E-state index in [0.29, 0.717) is 22.8 Å². The minimum Gasteiger partial charge on any atom is -0.496 e. The van der Waals surface area contributed by atoms with Gasteiger partial charge >= 0.3 is 0 Å². The zero-order valence-corrected chi connectivity index (χ0v) is 17.1. The van der Waals surface area contributed by atoms with E-state index in [1.807, 2.05) is 12.1 Å². The van der Waals surface area contributed by atoms with Crippen LogP contribution in [-0.4, -0.2) is 24.9 Å². The molecule has 0 saturated heterocycles. The van der Waals surface area contributed by atoms with Gasteiger partial charge in [0.15, 0.2) is 5.78 Å². The Morgan fingerprint density at radius 3 is 2.48 bits per heavy atom. The minimum atomic E-state index is -0.475. The summed E-state index contributed by atoms with van der Waals surface area (Å²) in [5, 5.41) is 10.9. The number of carbonyl (C=O) groups excluding carboxylic acids is 1. The Balaban J connectivity index is 1.77. The van der Waals surface area contributed by atoms with Crippen molar-refractivity contribution in [1.29, 1.82) is 0 Å². The van der Waals surface area contributed by atoms with Crippen LogP contribution in [0.15, 0.2) is 72.8 Å². The van der Waals surface area contributed by atoms with Crippen LogP contribution in [0.2, 0.25) is 0 Å². The van der Waals surface area contributed by atoms with Crippen molar-refractivity contribution < 1.29 is 23.9 Å². The molecule has 0 N–H and O–H groups in total. The Hall–Kier alpha value is -4.13. The maximum atomic E-state index is 12.5. The van der Waals surface area contributed by atoms with Gasteiger partial charge in [0.1, 0.15) is 23.9 Å². The van der Waals surface area contributed by atoms with Gasteiger partial charge in [0.05, 0.1) is 30.8 Å². The van der Waals surface area contributed by atoms with E-state index in [9.17, 15) is 14.9 Å². The van der Waals surface area contributed by atoms with Crippen LogP contribution in [0.4, 0.5) is 5.69 Å². The van der Waals surface area contributed by atoms with Gasteiger partial charge in [0.2, 0.25) is 0 Å². The molecule has 0 unspecified atom stereocenters. The number of para-hydroxylation sites is 1. The Morgan fingerprint density at radius 2 is 1.74 bits per heavy atom. The SMILES string of the molecule is COc1ccc(/C=C/C(=O)c2ccccc2OC)cc1COc1cccc([N+](=O)[O-])c1. The molecule has 0 aliphatic heterocycles. The summed E-state index contributed by atoms with van der Waals surface area (Å²) < 4.78 is 16.3. The molecule has 0 heterocycles. The lowest BCUT2D eigenvalue weighted by Crippen LogP contribution is -2.00. The number of nitro benzene ring substituents is 1. The van der Waals surface area contributed by atoms with E-state index in [4.69, 9.17) is 14.2 Å². The second-order valence-electron chi connectivity index (χ2n) is 6.51. The van der Waals surface area contributed by atoms with Gasteiger partial charge in [-0.1, -0.05) is 30.3 Å². The third-order valence-corrected chi connectivity index (χ3v) is 4.53. The molecular weight excluding hydrogens is 398 g/mol. The standard InChI is InChI=1S/C24H21NO6/c1-29-23-13-11-17(10-12-22(26)21-8-3-4-9-24(21)30-2)14-18(23)16-31-20-7-5-6-19(15-20)25(27)28/h3-15H,16H2,1-2H3/b12-10+. The maximum absolute atomic E-state index is 12.5. The predicted molar refractivity (Wildman–Crippen MR) is 117 cm³/mol. The van der Waals surface area contributed by atoms with E-state index >= 15 is 0 Å². The van der Waals surface area contributed by atoms with Crippen LogP contribution in [0.25, 0.3) is 6.08 Å². The van der Waals surface area contributed by atoms with Gasteiger partial charge in [-0.05, 0) is 42.0 Å². The number of ether oxygens (including phenoxy) is 3. The molecule has 7 heteroatoms. The first-order valence-electron chi connectivity index (χ1n) is 9.41. The number of nitrogens with zero attached hydrogens (tertiary/aromatic N) is 1. The number of ketones is 1. The van der Waals surface area contributed by atoms with Crippen molar-refractivity contribution in [3.05, 3.63) is 99.6 Å².